The lowest BCUT2D eigenvalue weighted by Gasteiger charge is -2.33. The molecule has 3 heteroatoms. The first kappa shape index (κ1) is 14.0. The largest absolute Gasteiger partial charge is 0.497 e. The van der Waals surface area contributed by atoms with Crippen molar-refractivity contribution in [3.63, 3.8) is 0 Å². The number of ether oxygens (including phenoxy) is 1. The molecule has 2 nitrogen and oxygen atoms in total. The first-order valence-corrected chi connectivity index (χ1v) is 8.49. The number of ketones is 1. The second-order valence-corrected chi connectivity index (χ2v) is 7.47. The summed E-state index contributed by atoms with van der Waals surface area (Å²) in [5, 5.41) is 0.0609. The van der Waals surface area contributed by atoms with Crippen LogP contribution in [-0.4, -0.2) is 23.9 Å². The zero-order valence-corrected chi connectivity index (χ0v) is 13.1. The molecule has 0 saturated carbocycles. The van der Waals surface area contributed by atoms with Crippen LogP contribution in [0.1, 0.15) is 39.0 Å². The van der Waals surface area contributed by atoms with Crippen molar-refractivity contribution in [2.24, 2.45) is 5.41 Å². The molecule has 1 saturated heterocycles. The van der Waals surface area contributed by atoms with E-state index < -0.39 is 0 Å². The van der Waals surface area contributed by atoms with Crippen molar-refractivity contribution in [3.05, 3.63) is 35.1 Å². The molecule has 2 aliphatic carbocycles. The Bertz CT molecular complexity index is 515. The number of rotatable bonds is 1. The quantitative estimate of drug-likeness (QED) is 0.729. The van der Waals surface area contributed by atoms with Crippen LogP contribution in [0.2, 0.25) is 0 Å². The summed E-state index contributed by atoms with van der Waals surface area (Å²) in [5.41, 5.74) is 2.68. The van der Waals surface area contributed by atoms with Gasteiger partial charge in [0, 0.05) is 6.42 Å². The predicted molar refractivity (Wildman–Crippen MR) is 83.7 cm³/mol. The van der Waals surface area contributed by atoms with Crippen molar-refractivity contribution >= 4 is 17.5 Å². The van der Waals surface area contributed by atoms with Crippen molar-refractivity contribution in [2.75, 3.05) is 12.9 Å². The molecule has 0 aromatic carbocycles. The molecule has 2 bridgehead atoms. The van der Waals surface area contributed by atoms with Gasteiger partial charge in [-0.2, -0.15) is 0 Å². The van der Waals surface area contributed by atoms with E-state index in [1.54, 1.807) is 7.11 Å². The number of hydrogen-bond donors (Lipinski definition) is 0. The Labute approximate surface area is 125 Å². The van der Waals surface area contributed by atoms with Crippen LogP contribution in [0.25, 0.3) is 0 Å². The summed E-state index contributed by atoms with van der Waals surface area (Å²) in [6.45, 7) is 2.27. The van der Waals surface area contributed by atoms with E-state index in [2.05, 4.69) is 25.2 Å². The molecule has 3 aliphatic rings. The van der Waals surface area contributed by atoms with Crippen molar-refractivity contribution < 1.29 is 9.53 Å². The van der Waals surface area contributed by atoms with Crippen LogP contribution in [-0.2, 0) is 9.53 Å². The summed E-state index contributed by atoms with van der Waals surface area (Å²) >= 11 is 1.83. The Morgan fingerprint density at radius 1 is 1.40 bits per heavy atom. The van der Waals surface area contributed by atoms with Crippen LogP contribution in [0.3, 0.4) is 0 Å². The molecule has 1 heterocycles. The minimum absolute atomic E-state index is 0.0133. The molecule has 0 radical (unpaired) electrons. The standard InChI is InChI=1S/C17H22O2S/c1-17-7-3-4-8-20-16(15(18)11-17)9-12-5-6-13(19-2)10-14(12)17/h6,9-10,16H,3-5,7-8,11H2,1-2H3. The fourth-order valence-electron chi connectivity index (χ4n) is 3.52. The second kappa shape index (κ2) is 5.44. The van der Waals surface area contributed by atoms with Gasteiger partial charge in [-0.05, 0) is 53.7 Å². The summed E-state index contributed by atoms with van der Waals surface area (Å²) in [6, 6.07) is 0. The van der Waals surface area contributed by atoms with Gasteiger partial charge in [-0.15, -0.1) is 11.8 Å². The molecular formula is C17H22O2S. The third-order valence-corrected chi connectivity index (χ3v) is 5.98. The van der Waals surface area contributed by atoms with Gasteiger partial charge in [0.25, 0.3) is 0 Å². The van der Waals surface area contributed by atoms with Gasteiger partial charge in [0.05, 0.1) is 12.4 Å². The van der Waals surface area contributed by atoms with E-state index in [-0.39, 0.29) is 10.7 Å². The maximum absolute atomic E-state index is 12.6. The highest BCUT2D eigenvalue weighted by Gasteiger charge is 2.39. The van der Waals surface area contributed by atoms with Gasteiger partial charge >= 0.3 is 0 Å². The molecular weight excluding hydrogens is 268 g/mol. The monoisotopic (exact) mass is 290 g/mol. The Morgan fingerprint density at radius 3 is 3.05 bits per heavy atom. The van der Waals surface area contributed by atoms with E-state index in [1.807, 2.05) is 11.8 Å². The molecule has 0 N–H and O–H groups in total. The van der Waals surface area contributed by atoms with Crippen molar-refractivity contribution in [2.45, 2.75) is 44.3 Å². The van der Waals surface area contributed by atoms with E-state index in [1.165, 1.54) is 24.0 Å². The number of carbonyl (C=O) groups excluding carboxylic acids is 1. The maximum Gasteiger partial charge on any atom is 0.150 e. The van der Waals surface area contributed by atoms with Crippen LogP contribution in [0.4, 0.5) is 0 Å². The van der Waals surface area contributed by atoms with Gasteiger partial charge in [0.15, 0.2) is 5.78 Å². The van der Waals surface area contributed by atoms with Crippen LogP contribution in [0.15, 0.2) is 35.1 Å². The van der Waals surface area contributed by atoms with Gasteiger partial charge in [-0.3, -0.25) is 4.79 Å². The van der Waals surface area contributed by atoms with Crippen LogP contribution >= 0.6 is 11.8 Å². The smallest absolute Gasteiger partial charge is 0.150 e. The number of methoxy groups -OCH3 is 1. The lowest BCUT2D eigenvalue weighted by atomic mass is 9.71. The van der Waals surface area contributed by atoms with Gasteiger partial charge in [-0.25, -0.2) is 0 Å². The number of hydrogen-bond acceptors (Lipinski definition) is 3. The number of Topliss-reactive ketones (excluding diaryl/α,β-unsaturated/α-hetero) is 1. The highest BCUT2D eigenvalue weighted by molar-refractivity contribution is 8.00. The fourth-order valence-corrected chi connectivity index (χ4v) is 4.68. The Morgan fingerprint density at radius 2 is 2.25 bits per heavy atom. The Balaban J connectivity index is 2.09. The zero-order valence-electron chi connectivity index (χ0n) is 12.3. The average Bonchev–Trinajstić information content (AvgIpc) is 2.49. The molecule has 0 aromatic heterocycles. The number of fused-ring (bicyclic) bond motifs is 5. The van der Waals surface area contributed by atoms with E-state index in [0.29, 0.717) is 12.2 Å². The molecule has 3 rings (SSSR count). The molecule has 0 spiro atoms. The topological polar surface area (TPSA) is 26.3 Å². The summed E-state index contributed by atoms with van der Waals surface area (Å²) < 4.78 is 5.41. The molecule has 2 atom stereocenters. The van der Waals surface area contributed by atoms with E-state index in [9.17, 15) is 4.79 Å². The van der Waals surface area contributed by atoms with Crippen LogP contribution in [0.5, 0.6) is 0 Å². The van der Waals surface area contributed by atoms with Crippen LogP contribution in [0, 0.1) is 5.41 Å². The van der Waals surface area contributed by atoms with Gasteiger partial charge in [0.1, 0.15) is 5.76 Å². The summed E-state index contributed by atoms with van der Waals surface area (Å²) in [6.07, 6.45) is 11.6. The molecule has 20 heavy (non-hydrogen) atoms. The zero-order chi connectivity index (χ0) is 14.2. The molecule has 0 aromatic rings. The molecule has 1 fully saturated rings. The predicted octanol–water partition coefficient (Wildman–Crippen LogP) is 4.04. The van der Waals surface area contributed by atoms with Gasteiger partial charge in [0.2, 0.25) is 0 Å². The van der Waals surface area contributed by atoms with E-state index >= 15 is 0 Å². The highest BCUT2D eigenvalue weighted by Crippen LogP contribution is 2.48. The number of thioether (sulfide) groups is 1. The van der Waals surface area contributed by atoms with Crippen LogP contribution < -0.4 is 0 Å². The van der Waals surface area contributed by atoms with Crippen molar-refractivity contribution in [3.8, 4) is 0 Å². The number of allylic oxidation sites excluding steroid dienone is 4. The van der Waals surface area contributed by atoms with Crippen molar-refractivity contribution in [1.29, 1.82) is 0 Å². The Kier molecular flexibility index (Phi) is 3.80. The Hall–Kier alpha value is -0.960. The van der Waals surface area contributed by atoms with E-state index in [0.717, 1.165) is 24.4 Å². The minimum atomic E-state index is -0.0133. The first-order valence-electron chi connectivity index (χ1n) is 7.44. The van der Waals surface area contributed by atoms with E-state index in [4.69, 9.17) is 4.74 Å². The minimum Gasteiger partial charge on any atom is -0.497 e. The lowest BCUT2D eigenvalue weighted by Crippen LogP contribution is -2.25. The maximum atomic E-state index is 12.6. The molecule has 108 valence electrons. The summed E-state index contributed by atoms with van der Waals surface area (Å²) in [4.78, 5) is 12.6. The molecule has 0 amide bonds. The molecule has 1 aliphatic heterocycles. The highest BCUT2D eigenvalue weighted by atomic mass is 32.2. The summed E-state index contributed by atoms with van der Waals surface area (Å²) in [5.74, 6) is 2.45. The summed E-state index contributed by atoms with van der Waals surface area (Å²) in [7, 11) is 1.72. The second-order valence-electron chi connectivity index (χ2n) is 6.22. The fraction of sp³-hybridized carbons (Fsp3) is 0.588. The first-order chi connectivity index (χ1) is 9.62. The number of carbonyl (C=O) groups is 1. The average molecular weight is 290 g/mol. The van der Waals surface area contributed by atoms with Gasteiger partial charge in [-0.1, -0.05) is 19.4 Å². The molecule has 2 unspecified atom stereocenters. The SMILES string of the molecule is COC1=CCC2=CC3SCCCCC(C)(CC3=O)C2=C1. The van der Waals surface area contributed by atoms with Crippen molar-refractivity contribution in [1.82, 2.24) is 0 Å². The third kappa shape index (κ3) is 2.48. The lowest BCUT2D eigenvalue weighted by molar-refractivity contribution is -0.119. The normalized spacial score (nSPS) is 33.8. The van der Waals surface area contributed by atoms with Gasteiger partial charge < -0.3 is 4.74 Å². The third-order valence-electron chi connectivity index (χ3n) is 4.70.